The first kappa shape index (κ1) is 20.3. The molecule has 1 atom stereocenters. The van der Waals surface area contributed by atoms with Crippen LogP contribution in [0.1, 0.15) is 28.8 Å². The van der Waals surface area contributed by atoms with E-state index in [1.807, 2.05) is 25.2 Å². The average Bonchev–Trinajstić information content (AvgIpc) is 3.47. The number of rotatable bonds is 5. The van der Waals surface area contributed by atoms with E-state index in [4.69, 9.17) is 0 Å². The zero-order valence-electron chi connectivity index (χ0n) is 17.5. The molecule has 0 spiro atoms. The highest BCUT2D eigenvalue weighted by molar-refractivity contribution is 6.05. The summed E-state index contributed by atoms with van der Waals surface area (Å²) in [4.78, 5) is 32.8. The van der Waals surface area contributed by atoms with Crippen molar-refractivity contribution in [1.29, 1.82) is 0 Å². The zero-order valence-corrected chi connectivity index (χ0v) is 17.5. The number of alkyl halides is 2. The Morgan fingerprint density at radius 1 is 1.31 bits per heavy atom. The molecule has 2 aromatic heterocycles. The Bertz CT molecular complexity index is 1210. The number of hydrogen-bond acceptors (Lipinski definition) is 5. The molecule has 32 heavy (non-hydrogen) atoms. The summed E-state index contributed by atoms with van der Waals surface area (Å²) in [6.45, 7) is 0.362. The Morgan fingerprint density at radius 2 is 2.16 bits per heavy atom. The number of pyridine rings is 1. The number of amides is 2. The molecule has 5 rings (SSSR count). The summed E-state index contributed by atoms with van der Waals surface area (Å²) in [6.07, 6.45) is 1.66. The number of nitrogens with one attached hydrogen (secondary N) is 1. The van der Waals surface area contributed by atoms with Crippen LogP contribution in [0.15, 0.2) is 36.7 Å². The van der Waals surface area contributed by atoms with Crippen molar-refractivity contribution in [2.75, 3.05) is 18.4 Å². The molecule has 1 aromatic carbocycles. The monoisotopic (exact) mass is 440 g/mol. The van der Waals surface area contributed by atoms with Gasteiger partial charge in [0.05, 0.1) is 35.4 Å². The topological polar surface area (TPSA) is 83.4 Å². The van der Waals surface area contributed by atoms with Gasteiger partial charge in [0, 0.05) is 25.5 Å². The molecule has 3 aromatic rings. The predicted molar refractivity (Wildman–Crippen MR) is 114 cm³/mol. The van der Waals surface area contributed by atoms with Crippen LogP contribution >= 0.6 is 0 Å². The number of carbonyl (C=O) groups is 2. The summed E-state index contributed by atoms with van der Waals surface area (Å²) in [7, 11) is 1.81. The van der Waals surface area contributed by atoms with Gasteiger partial charge in [-0.1, -0.05) is 12.1 Å². The maximum atomic E-state index is 13.2. The van der Waals surface area contributed by atoms with Crippen molar-refractivity contribution in [1.82, 2.24) is 24.6 Å². The molecule has 2 amide bonds. The molecular formula is C22H22F2N6O2. The molecule has 0 unspecified atom stereocenters. The fraction of sp³-hybridized carbons (Fsp3) is 0.364. The predicted octanol–water partition coefficient (Wildman–Crippen LogP) is 2.92. The van der Waals surface area contributed by atoms with E-state index in [-0.39, 0.29) is 19.0 Å². The first-order valence-electron chi connectivity index (χ1n) is 10.5. The standard InChI is InChI=1S/C22H22F2N6O2/c1-28-21-14(9-26-28)8-15(10-25-21)27-16-5-2-4-13-11-29(22(32)19(13)16)12-18(31)30-7-3-6-17(30)20(23)24/h2,4-5,8-10,17,20,27H,3,6-7,11-12H2,1H3/t17-/m0/s1. The van der Waals surface area contributed by atoms with Crippen molar-refractivity contribution in [2.24, 2.45) is 7.05 Å². The summed E-state index contributed by atoms with van der Waals surface area (Å²) in [5.74, 6) is -0.727. The largest absolute Gasteiger partial charge is 0.354 e. The summed E-state index contributed by atoms with van der Waals surface area (Å²) in [5, 5.41) is 8.29. The second-order valence-corrected chi connectivity index (χ2v) is 8.16. The van der Waals surface area contributed by atoms with Gasteiger partial charge < -0.3 is 15.1 Å². The SMILES string of the molecule is Cn1ncc2cc(Nc3cccc4c3C(=O)N(CC(=O)N3CCC[C@H]3C(F)F)C4)cnc21. The number of anilines is 2. The molecule has 10 heteroatoms. The van der Waals surface area contributed by atoms with Crippen LogP contribution in [-0.2, 0) is 18.4 Å². The minimum Gasteiger partial charge on any atom is -0.354 e. The second kappa shape index (κ2) is 7.85. The van der Waals surface area contributed by atoms with Gasteiger partial charge in [-0.3, -0.25) is 14.3 Å². The second-order valence-electron chi connectivity index (χ2n) is 8.16. The molecule has 1 fully saturated rings. The highest BCUT2D eigenvalue weighted by Crippen LogP contribution is 2.32. The Morgan fingerprint density at radius 3 is 2.97 bits per heavy atom. The number of nitrogens with zero attached hydrogens (tertiary/aromatic N) is 5. The summed E-state index contributed by atoms with van der Waals surface area (Å²) in [5.41, 5.74) is 3.34. The van der Waals surface area contributed by atoms with Gasteiger partial charge in [-0.15, -0.1) is 0 Å². The third-order valence-electron chi connectivity index (χ3n) is 6.10. The highest BCUT2D eigenvalue weighted by Gasteiger charge is 2.38. The van der Waals surface area contributed by atoms with Crippen molar-refractivity contribution in [3.8, 4) is 0 Å². The summed E-state index contributed by atoms with van der Waals surface area (Å²) in [6, 6.07) is 6.30. The van der Waals surface area contributed by atoms with E-state index in [1.165, 1.54) is 9.80 Å². The van der Waals surface area contributed by atoms with Crippen LogP contribution in [0.2, 0.25) is 0 Å². The number of aromatic nitrogens is 3. The van der Waals surface area contributed by atoms with Crippen LogP contribution in [0, 0.1) is 0 Å². The molecule has 1 saturated heterocycles. The molecule has 166 valence electrons. The Balaban J connectivity index is 1.35. The van der Waals surface area contributed by atoms with E-state index in [0.29, 0.717) is 36.3 Å². The van der Waals surface area contributed by atoms with Gasteiger partial charge in [-0.05, 0) is 30.5 Å². The first-order valence-corrected chi connectivity index (χ1v) is 10.5. The van der Waals surface area contributed by atoms with E-state index in [1.54, 1.807) is 23.1 Å². The van der Waals surface area contributed by atoms with Gasteiger partial charge in [0.1, 0.15) is 6.54 Å². The summed E-state index contributed by atoms with van der Waals surface area (Å²) >= 11 is 0. The van der Waals surface area contributed by atoms with Crippen LogP contribution < -0.4 is 5.32 Å². The van der Waals surface area contributed by atoms with Crippen molar-refractivity contribution >= 4 is 34.2 Å². The van der Waals surface area contributed by atoms with Crippen molar-refractivity contribution in [3.63, 3.8) is 0 Å². The number of fused-ring (bicyclic) bond motifs is 2. The highest BCUT2D eigenvalue weighted by atomic mass is 19.3. The summed E-state index contributed by atoms with van der Waals surface area (Å²) < 4.78 is 28.1. The number of hydrogen-bond donors (Lipinski definition) is 1. The van der Waals surface area contributed by atoms with E-state index in [2.05, 4.69) is 15.4 Å². The molecule has 2 aliphatic heterocycles. The molecule has 0 radical (unpaired) electrons. The maximum absolute atomic E-state index is 13.2. The third-order valence-corrected chi connectivity index (χ3v) is 6.10. The Kier molecular flexibility index (Phi) is 4.99. The molecule has 4 heterocycles. The first-order chi connectivity index (χ1) is 15.4. The van der Waals surface area contributed by atoms with E-state index >= 15 is 0 Å². The minimum absolute atomic E-state index is 0.209. The third kappa shape index (κ3) is 3.45. The molecular weight excluding hydrogens is 418 g/mol. The average molecular weight is 440 g/mol. The van der Waals surface area contributed by atoms with E-state index in [9.17, 15) is 18.4 Å². The lowest BCUT2D eigenvalue weighted by atomic mass is 10.1. The molecule has 8 nitrogen and oxygen atoms in total. The fourth-order valence-electron chi connectivity index (χ4n) is 4.54. The van der Waals surface area contributed by atoms with Crippen LogP contribution in [-0.4, -0.2) is 61.9 Å². The number of benzene rings is 1. The van der Waals surface area contributed by atoms with Crippen LogP contribution in [0.5, 0.6) is 0 Å². The number of aryl methyl sites for hydroxylation is 1. The molecule has 0 saturated carbocycles. The van der Waals surface area contributed by atoms with Gasteiger partial charge in [0.2, 0.25) is 5.91 Å². The fourth-order valence-corrected chi connectivity index (χ4v) is 4.54. The molecule has 0 aliphatic carbocycles. The zero-order chi connectivity index (χ0) is 22.4. The van der Waals surface area contributed by atoms with Gasteiger partial charge in [-0.25, -0.2) is 13.8 Å². The Labute approximate surface area is 182 Å². The lowest BCUT2D eigenvalue weighted by molar-refractivity contribution is -0.135. The van der Waals surface area contributed by atoms with Crippen LogP contribution in [0.3, 0.4) is 0 Å². The number of halogens is 2. The number of carbonyl (C=O) groups excluding carboxylic acids is 2. The van der Waals surface area contributed by atoms with Gasteiger partial charge in [-0.2, -0.15) is 5.10 Å². The molecule has 0 bridgehead atoms. The van der Waals surface area contributed by atoms with Crippen LogP contribution in [0.25, 0.3) is 11.0 Å². The van der Waals surface area contributed by atoms with Gasteiger partial charge in [0.15, 0.2) is 5.65 Å². The van der Waals surface area contributed by atoms with Crippen molar-refractivity contribution in [3.05, 3.63) is 47.8 Å². The quantitative estimate of drug-likeness (QED) is 0.660. The molecule has 1 N–H and O–H groups in total. The van der Waals surface area contributed by atoms with E-state index < -0.39 is 18.4 Å². The Hall–Kier alpha value is -3.56. The van der Waals surface area contributed by atoms with Crippen molar-refractivity contribution < 1.29 is 18.4 Å². The number of likely N-dealkylation sites (tertiary alicyclic amines) is 1. The van der Waals surface area contributed by atoms with Gasteiger partial charge >= 0.3 is 0 Å². The van der Waals surface area contributed by atoms with Gasteiger partial charge in [0.25, 0.3) is 12.3 Å². The van der Waals surface area contributed by atoms with Crippen LogP contribution in [0.4, 0.5) is 20.2 Å². The lowest BCUT2D eigenvalue weighted by Gasteiger charge is -2.26. The van der Waals surface area contributed by atoms with E-state index in [0.717, 1.165) is 16.6 Å². The normalized spacial score (nSPS) is 18.1. The molecule has 2 aliphatic rings. The maximum Gasteiger partial charge on any atom is 0.258 e. The smallest absolute Gasteiger partial charge is 0.258 e. The minimum atomic E-state index is -2.57. The van der Waals surface area contributed by atoms with Crippen molar-refractivity contribution in [2.45, 2.75) is 31.9 Å². The lowest BCUT2D eigenvalue weighted by Crippen LogP contribution is -2.45.